The Kier molecular flexibility index (Phi) is 44.2. The molecule has 3 aliphatic rings. The van der Waals surface area contributed by atoms with Gasteiger partial charge in [0.2, 0.25) is 17.7 Å². The summed E-state index contributed by atoms with van der Waals surface area (Å²) in [6.07, 6.45) is -13.8. The van der Waals surface area contributed by atoms with Crippen LogP contribution in [-0.2, 0) is 74.8 Å². The van der Waals surface area contributed by atoms with E-state index in [1.54, 1.807) is 20.8 Å². The molecule has 3 saturated heterocycles. The molecule has 0 aromatic carbocycles. The van der Waals surface area contributed by atoms with Crippen molar-refractivity contribution in [1.29, 1.82) is 0 Å². The van der Waals surface area contributed by atoms with Gasteiger partial charge in [-0.15, -0.1) is 0 Å². The van der Waals surface area contributed by atoms with E-state index in [1.807, 2.05) is 13.8 Å². The molecule has 3 aliphatic heterocycles. The fourth-order valence-corrected chi connectivity index (χ4v) is 9.92. The number of hydrogen-bond donors (Lipinski definition) is 12. The van der Waals surface area contributed by atoms with Gasteiger partial charge in [-0.2, -0.15) is 0 Å². The Bertz CT molecular complexity index is 1900. The largest absolute Gasteiger partial charge is 0.472 e. The quantitative estimate of drug-likeness (QED) is 0.0268. The van der Waals surface area contributed by atoms with E-state index in [0.717, 1.165) is 10.8 Å². The Morgan fingerprint density at radius 2 is 0.698 bits per heavy atom. The van der Waals surface area contributed by atoms with E-state index >= 15 is 0 Å². The molecule has 12 N–H and O–H groups in total. The van der Waals surface area contributed by atoms with E-state index in [0.29, 0.717) is 0 Å². The molecule has 33 heteroatoms. The Morgan fingerprint density at radius 1 is 0.453 bits per heavy atom. The lowest BCUT2D eigenvalue weighted by molar-refractivity contribution is -0.282. The van der Waals surface area contributed by atoms with Crippen LogP contribution in [0.3, 0.4) is 0 Å². The summed E-state index contributed by atoms with van der Waals surface area (Å²) in [4.78, 5) is 64.2. The van der Waals surface area contributed by atoms with Crippen molar-refractivity contribution >= 4 is 33.4 Å². The third-order valence-electron chi connectivity index (χ3n) is 13.5. The average Bonchev–Trinajstić information content (AvgIpc) is 1.95. The van der Waals surface area contributed by atoms with Crippen LogP contribution in [0.15, 0.2) is 0 Å². The Labute approximate surface area is 506 Å². The molecule has 0 aromatic rings. The molecule has 512 valence electrons. The zero-order chi connectivity index (χ0) is 64.5. The number of carbonyl (C=O) groups is 3. The summed E-state index contributed by atoms with van der Waals surface area (Å²) in [5.41, 5.74) is 0. The van der Waals surface area contributed by atoms with Gasteiger partial charge in [0, 0.05) is 83.4 Å². The number of methoxy groups -OCH3 is 1. The predicted octanol–water partition coefficient (Wildman–Crippen LogP) is -0.682. The third-order valence-corrected chi connectivity index (χ3v) is 15.5. The molecule has 8 unspecified atom stereocenters. The van der Waals surface area contributed by atoms with Crippen LogP contribution in [-0.4, -0.2) is 293 Å². The second kappa shape index (κ2) is 45.3. The smallest absolute Gasteiger partial charge is 0.395 e. The summed E-state index contributed by atoms with van der Waals surface area (Å²) in [6.45, 7) is 9.65. The van der Waals surface area contributed by atoms with Crippen molar-refractivity contribution in [3.05, 3.63) is 0 Å². The summed E-state index contributed by atoms with van der Waals surface area (Å²) < 4.78 is 85.0. The maximum atomic E-state index is 13.5. The van der Waals surface area contributed by atoms with Gasteiger partial charge >= 0.3 is 15.6 Å². The van der Waals surface area contributed by atoms with Gasteiger partial charge in [0.1, 0.15) is 36.6 Å². The molecule has 0 aliphatic carbocycles. The van der Waals surface area contributed by atoms with Crippen molar-refractivity contribution in [3.63, 3.8) is 0 Å². The summed E-state index contributed by atoms with van der Waals surface area (Å²) >= 11 is 0. The molecule has 0 aromatic heterocycles. The number of nitrogens with zero attached hydrogens (tertiary/aromatic N) is 3. The van der Waals surface area contributed by atoms with E-state index in [2.05, 4.69) is 20.8 Å². The highest BCUT2D eigenvalue weighted by Gasteiger charge is 2.45. The monoisotopic (exact) mass is 1300 g/mol. The Balaban J connectivity index is 0.00000988. The van der Waals surface area contributed by atoms with E-state index < -0.39 is 172 Å². The van der Waals surface area contributed by atoms with Gasteiger partial charge in [-0.25, -0.2) is 9.13 Å². The van der Waals surface area contributed by atoms with Gasteiger partial charge in [0.25, 0.3) is 0 Å². The van der Waals surface area contributed by atoms with Gasteiger partial charge in [-0.3, -0.25) is 32.5 Å². The molecule has 3 fully saturated rings. The zero-order valence-electron chi connectivity index (χ0n) is 50.8. The first-order chi connectivity index (χ1) is 40.2. The van der Waals surface area contributed by atoms with Crippen LogP contribution in [0, 0.1) is 23.7 Å². The molecular weight excluding hydrogens is 1190 g/mol. The van der Waals surface area contributed by atoms with Crippen LogP contribution < -0.4 is 0 Å². The summed E-state index contributed by atoms with van der Waals surface area (Å²) in [6, 6.07) is 0. The van der Waals surface area contributed by atoms with Crippen LogP contribution in [0.1, 0.15) is 101 Å². The third kappa shape index (κ3) is 30.8. The van der Waals surface area contributed by atoms with E-state index in [1.165, 1.54) is 16.9 Å². The molecule has 3 rings (SSSR count). The number of rotatable bonds is 39. The highest BCUT2D eigenvalue weighted by atomic mass is 31.2. The number of hydrogen-bond acceptors (Lipinski definition) is 26. The highest BCUT2D eigenvalue weighted by Crippen LogP contribution is 2.44. The minimum absolute atomic E-state index is 0. The maximum Gasteiger partial charge on any atom is 0.472 e. The lowest BCUT2D eigenvalue weighted by Crippen LogP contribution is -2.55. The van der Waals surface area contributed by atoms with Crippen LogP contribution in [0.4, 0.5) is 0 Å². The summed E-state index contributed by atoms with van der Waals surface area (Å²) in [5.74, 6) is -2.61. The lowest BCUT2D eigenvalue weighted by atomic mass is 9.92. The number of carbonyl (C=O) groups excluding carboxylic acids is 3. The second-order valence-corrected chi connectivity index (χ2v) is 23.9. The topological polar surface area (TPSA) is 439 Å². The normalized spacial score (nSPS) is 28.8. The fourth-order valence-electron chi connectivity index (χ4n) is 8.52. The van der Waals surface area contributed by atoms with Crippen molar-refractivity contribution < 1.29 is 136 Å². The number of aliphatic hydroxyl groups is 10. The fraction of sp³-hybridized carbons (Fsp3) is 0.943. The first-order valence-electron chi connectivity index (χ1n) is 29.1. The average molecular weight is 1300 g/mol. The molecule has 0 saturated carbocycles. The SMILES string of the molecule is C.CC.CC(C)C.COCCN(CCOP(=O)(O)OCCN(CCOP(=O)(O)OCCN(CCO)C(=O)CCCO[C@@H]1OC(CO)[C@H](O)[C@H](O)C1C)C(=O)CCCO[C@@H]1OC(CO)[C@H](O)[C@H](O)C1C)C(=O)CCCO[C@@H]1OC(CO)[C@H](O)[C@H](O)C1C. The zero-order valence-corrected chi connectivity index (χ0v) is 52.6. The minimum Gasteiger partial charge on any atom is -0.395 e. The van der Waals surface area contributed by atoms with Crippen molar-refractivity contribution in [1.82, 2.24) is 14.7 Å². The molecule has 31 nitrogen and oxygen atoms in total. The Hall–Kier alpha value is -2.05. The molecule has 0 radical (unpaired) electrons. The molecule has 17 atom stereocenters. The van der Waals surface area contributed by atoms with Gasteiger partial charge < -0.3 is 109 Å². The van der Waals surface area contributed by atoms with E-state index in [4.69, 9.17) is 51.3 Å². The summed E-state index contributed by atoms with van der Waals surface area (Å²) in [5, 5.41) is 99.2. The predicted molar refractivity (Wildman–Crippen MR) is 307 cm³/mol. The van der Waals surface area contributed by atoms with Crippen molar-refractivity contribution in [2.24, 2.45) is 23.7 Å². The van der Waals surface area contributed by atoms with Crippen LogP contribution in [0.5, 0.6) is 0 Å². The minimum atomic E-state index is -4.85. The van der Waals surface area contributed by atoms with Gasteiger partial charge in [-0.05, 0) is 25.2 Å². The first-order valence-corrected chi connectivity index (χ1v) is 32.1. The number of ether oxygens (including phenoxy) is 7. The van der Waals surface area contributed by atoms with Gasteiger partial charge in [0.15, 0.2) is 18.9 Å². The molecule has 0 spiro atoms. The Morgan fingerprint density at radius 3 is 0.930 bits per heavy atom. The molecule has 0 bridgehead atoms. The number of phosphoric acid groups is 2. The van der Waals surface area contributed by atoms with Gasteiger partial charge in [-0.1, -0.05) is 62.8 Å². The van der Waals surface area contributed by atoms with E-state index in [-0.39, 0.29) is 118 Å². The highest BCUT2D eigenvalue weighted by molar-refractivity contribution is 7.47. The van der Waals surface area contributed by atoms with Crippen molar-refractivity contribution in [2.75, 3.05) is 126 Å². The lowest BCUT2D eigenvalue weighted by Gasteiger charge is -2.40. The van der Waals surface area contributed by atoms with E-state index in [9.17, 15) is 84.4 Å². The maximum absolute atomic E-state index is 13.5. The van der Waals surface area contributed by atoms with Crippen LogP contribution in [0.2, 0.25) is 0 Å². The molecule has 3 heterocycles. The van der Waals surface area contributed by atoms with Gasteiger partial charge in [0.05, 0.1) is 97.6 Å². The second-order valence-electron chi connectivity index (χ2n) is 21.0. The number of phosphoric ester groups is 2. The molecule has 86 heavy (non-hydrogen) atoms. The summed E-state index contributed by atoms with van der Waals surface area (Å²) in [7, 11) is -8.27. The first kappa shape index (κ1) is 84.0. The standard InChI is InChI=1S/C46H87N3O28P2.C4H10.C2H6.CH4/c1-29-38(57)41(60)32(26-51)75-44(29)68-18-5-8-35(54)47(11-17-50)13-22-71-78(63,64)73-24-15-49(37(56)10-7-20-70-46-31(3)40(59)43(62)34(28-53)77-46)16-25-74-79(65,66)72-23-14-48(12-21-67-4)36(55)9-6-19-69-45-30(2)39(58)42(61)33(27-52)76-45;1-4(2)3;1-2;/h29-34,38-46,50-53,57-62H,5-28H2,1-4H3,(H,63,64)(H,65,66);4H,1-3H3;1-2H3;1H4/t29?,30?,31?,32?,33?,34?,38-,39-,40-,41+,42+,43+,44-,45-,46-;;;/m1.../s1. The van der Waals surface area contributed by atoms with Crippen molar-refractivity contribution in [2.45, 2.75) is 175 Å². The number of amides is 3. The molecule has 3 amide bonds. The number of aliphatic hydroxyl groups excluding tert-OH is 10. The van der Waals surface area contributed by atoms with Crippen molar-refractivity contribution in [3.8, 4) is 0 Å². The molecular formula is C53H107N3O28P2. The van der Waals surface area contributed by atoms with Crippen LogP contribution in [0.25, 0.3) is 0 Å². The van der Waals surface area contributed by atoms with Crippen LogP contribution >= 0.6 is 15.6 Å².